The number of methoxy groups -OCH3 is 1. The van der Waals surface area contributed by atoms with Crippen molar-refractivity contribution >= 4 is 33.6 Å². The average Bonchev–Trinajstić information content (AvgIpc) is 2.86. The highest BCUT2D eigenvalue weighted by Gasteiger charge is 2.30. The Morgan fingerprint density at radius 3 is 2.53 bits per heavy atom. The molecule has 0 aliphatic heterocycles. The summed E-state index contributed by atoms with van der Waals surface area (Å²) in [6.07, 6.45) is -3.30. The monoisotopic (exact) mass is 555 g/mol. The highest BCUT2D eigenvalue weighted by Crippen LogP contribution is 2.38. The molecule has 3 aromatic rings. The predicted octanol–water partition coefficient (Wildman–Crippen LogP) is 6.47. The van der Waals surface area contributed by atoms with Gasteiger partial charge in [0.05, 0.1) is 28.8 Å². The standard InChI is InChI=1S/C26H17BrF3N3O3/c1-35-23-11-16(10-22(27)24(23)36-15-18-6-3-2-5-17(18)13-31)9-19(14-32)25(34)33-21-8-4-7-20(12-21)26(28,29)30/h2-12H,15H2,1H3,(H,33,34)/b19-9-. The fourth-order valence-electron chi connectivity index (χ4n) is 3.16. The summed E-state index contributed by atoms with van der Waals surface area (Å²) in [6.45, 7) is 0.0940. The number of benzene rings is 3. The highest BCUT2D eigenvalue weighted by molar-refractivity contribution is 9.10. The van der Waals surface area contributed by atoms with Gasteiger partial charge in [0.1, 0.15) is 18.2 Å². The van der Waals surface area contributed by atoms with Crippen LogP contribution in [-0.2, 0) is 17.6 Å². The second kappa shape index (κ2) is 11.4. The Kier molecular flexibility index (Phi) is 8.36. The number of nitriles is 2. The van der Waals surface area contributed by atoms with E-state index in [-0.39, 0.29) is 17.9 Å². The van der Waals surface area contributed by atoms with E-state index in [4.69, 9.17) is 9.47 Å². The second-order valence-corrected chi connectivity index (χ2v) is 8.15. The number of rotatable bonds is 7. The molecular formula is C26H17BrF3N3O3. The van der Waals surface area contributed by atoms with Crippen molar-refractivity contribution in [3.05, 3.63) is 93.0 Å². The Morgan fingerprint density at radius 2 is 1.86 bits per heavy atom. The van der Waals surface area contributed by atoms with Crippen LogP contribution in [0, 0.1) is 22.7 Å². The van der Waals surface area contributed by atoms with Gasteiger partial charge in [-0.1, -0.05) is 24.3 Å². The van der Waals surface area contributed by atoms with E-state index in [9.17, 15) is 28.5 Å². The molecule has 0 saturated carbocycles. The molecule has 0 saturated heterocycles. The Hall–Kier alpha value is -4.28. The van der Waals surface area contributed by atoms with Crippen molar-refractivity contribution in [3.63, 3.8) is 0 Å². The van der Waals surface area contributed by atoms with Gasteiger partial charge in [0, 0.05) is 11.3 Å². The Bertz CT molecular complexity index is 1410. The molecular weight excluding hydrogens is 539 g/mol. The van der Waals surface area contributed by atoms with E-state index in [1.165, 1.54) is 25.3 Å². The molecule has 0 aliphatic carbocycles. The number of hydrogen-bond donors (Lipinski definition) is 1. The summed E-state index contributed by atoms with van der Waals surface area (Å²) in [4.78, 5) is 12.6. The zero-order valence-electron chi connectivity index (χ0n) is 18.7. The number of nitrogens with one attached hydrogen (secondary N) is 1. The maximum atomic E-state index is 12.9. The number of carbonyl (C=O) groups is 1. The van der Waals surface area contributed by atoms with Crippen LogP contribution < -0.4 is 14.8 Å². The van der Waals surface area contributed by atoms with Gasteiger partial charge in [-0.3, -0.25) is 4.79 Å². The summed E-state index contributed by atoms with van der Waals surface area (Å²) in [5, 5.41) is 21.0. The van der Waals surface area contributed by atoms with Crippen LogP contribution in [0.25, 0.3) is 6.08 Å². The zero-order chi connectivity index (χ0) is 26.3. The number of ether oxygens (including phenoxy) is 2. The minimum absolute atomic E-state index is 0.0940. The van der Waals surface area contributed by atoms with Crippen molar-refractivity contribution in [2.75, 3.05) is 12.4 Å². The van der Waals surface area contributed by atoms with Gasteiger partial charge in [0.15, 0.2) is 11.5 Å². The van der Waals surface area contributed by atoms with Gasteiger partial charge in [-0.2, -0.15) is 23.7 Å². The van der Waals surface area contributed by atoms with E-state index in [0.717, 1.165) is 18.2 Å². The van der Waals surface area contributed by atoms with E-state index < -0.39 is 17.6 Å². The Morgan fingerprint density at radius 1 is 1.11 bits per heavy atom. The molecule has 36 heavy (non-hydrogen) atoms. The Labute approximate surface area is 213 Å². The van der Waals surface area contributed by atoms with Gasteiger partial charge < -0.3 is 14.8 Å². The molecule has 3 aromatic carbocycles. The maximum absolute atomic E-state index is 12.9. The average molecular weight is 556 g/mol. The first-order valence-corrected chi connectivity index (χ1v) is 11.0. The fourth-order valence-corrected chi connectivity index (χ4v) is 3.73. The van der Waals surface area contributed by atoms with E-state index in [1.807, 2.05) is 0 Å². The van der Waals surface area contributed by atoms with Gasteiger partial charge in [0.2, 0.25) is 0 Å². The largest absolute Gasteiger partial charge is 0.493 e. The molecule has 0 fully saturated rings. The number of anilines is 1. The number of nitrogens with zero attached hydrogens (tertiary/aromatic N) is 2. The molecule has 6 nitrogen and oxygen atoms in total. The van der Waals surface area contributed by atoms with Crippen molar-refractivity contribution in [3.8, 4) is 23.6 Å². The van der Waals surface area contributed by atoms with E-state index >= 15 is 0 Å². The fraction of sp³-hybridized carbons (Fsp3) is 0.115. The van der Waals surface area contributed by atoms with Crippen LogP contribution in [0.5, 0.6) is 11.5 Å². The first-order chi connectivity index (χ1) is 17.2. The predicted molar refractivity (Wildman–Crippen MR) is 130 cm³/mol. The molecule has 182 valence electrons. The highest BCUT2D eigenvalue weighted by atomic mass is 79.9. The lowest BCUT2D eigenvalue weighted by Gasteiger charge is -2.14. The second-order valence-electron chi connectivity index (χ2n) is 7.29. The summed E-state index contributed by atoms with van der Waals surface area (Å²) in [7, 11) is 1.41. The summed E-state index contributed by atoms with van der Waals surface area (Å²) < 4.78 is 50.5. The van der Waals surface area contributed by atoms with Crippen LogP contribution in [0.2, 0.25) is 0 Å². The molecule has 0 spiro atoms. The van der Waals surface area contributed by atoms with Crippen LogP contribution >= 0.6 is 15.9 Å². The molecule has 0 bridgehead atoms. The van der Waals surface area contributed by atoms with Crippen LogP contribution in [0.1, 0.15) is 22.3 Å². The summed E-state index contributed by atoms with van der Waals surface area (Å²) in [5.41, 5.74) is 0.186. The molecule has 0 heterocycles. The van der Waals surface area contributed by atoms with Crippen molar-refractivity contribution < 1.29 is 27.4 Å². The van der Waals surface area contributed by atoms with Crippen LogP contribution in [0.4, 0.5) is 18.9 Å². The number of hydrogen-bond acceptors (Lipinski definition) is 5. The van der Waals surface area contributed by atoms with Crippen LogP contribution in [0.3, 0.4) is 0 Å². The third-order valence-electron chi connectivity index (χ3n) is 4.89. The maximum Gasteiger partial charge on any atom is 0.416 e. The lowest BCUT2D eigenvalue weighted by Crippen LogP contribution is -2.14. The van der Waals surface area contributed by atoms with Crippen molar-refractivity contribution in [2.45, 2.75) is 12.8 Å². The molecule has 3 rings (SSSR count). The molecule has 0 aliphatic rings. The van der Waals surface area contributed by atoms with E-state index in [2.05, 4.69) is 27.3 Å². The van der Waals surface area contributed by atoms with Crippen molar-refractivity contribution in [1.29, 1.82) is 10.5 Å². The molecule has 10 heteroatoms. The normalized spacial score (nSPS) is 11.2. The first kappa shape index (κ1) is 26.3. The zero-order valence-corrected chi connectivity index (χ0v) is 20.3. The third-order valence-corrected chi connectivity index (χ3v) is 5.47. The Balaban J connectivity index is 1.83. The molecule has 0 aromatic heterocycles. The molecule has 0 radical (unpaired) electrons. The van der Waals surface area contributed by atoms with Crippen molar-refractivity contribution in [2.24, 2.45) is 0 Å². The minimum Gasteiger partial charge on any atom is -0.493 e. The van der Waals surface area contributed by atoms with Gasteiger partial charge in [0.25, 0.3) is 5.91 Å². The summed E-state index contributed by atoms with van der Waals surface area (Å²) in [6, 6.07) is 18.0. The minimum atomic E-state index is -4.57. The number of halogens is 4. The third kappa shape index (κ3) is 6.44. The van der Waals surface area contributed by atoms with Gasteiger partial charge in [-0.05, 0) is 64.0 Å². The lowest BCUT2D eigenvalue weighted by atomic mass is 10.1. The number of amides is 1. The van der Waals surface area contributed by atoms with Crippen LogP contribution in [0.15, 0.2) is 70.7 Å². The van der Waals surface area contributed by atoms with Crippen LogP contribution in [-0.4, -0.2) is 13.0 Å². The summed E-state index contributed by atoms with van der Waals surface area (Å²) >= 11 is 3.39. The lowest BCUT2D eigenvalue weighted by molar-refractivity contribution is -0.137. The molecule has 0 unspecified atom stereocenters. The first-order valence-electron chi connectivity index (χ1n) is 10.2. The van der Waals surface area contributed by atoms with E-state index in [0.29, 0.717) is 32.7 Å². The molecule has 0 atom stereocenters. The quantitative estimate of drug-likeness (QED) is 0.266. The molecule has 1 amide bonds. The van der Waals surface area contributed by atoms with E-state index in [1.54, 1.807) is 36.4 Å². The number of carbonyl (C=O) groups excluding carboxylic acids is 1. The topological polar surface area (TPSA) is 95.1 Å². The van der Waals surface area contributed by atoms with Gasteiger partial charge >= 0.3 is 6.18 Å². The number of alkyl halides is 3. The smallest absolute Gasteiger partial charge is 0.416 e. The summed E-state index contributed by atoms with van der Waals surface area (Å²) in [5.74, 6) is -0.240. The van der Waals surface area contributed by atoms with Crippen molar-refractivity contribution in [1.82, 2.24) is 0 Å². The SMILES string of the molecule is COc1cc(/C=C(/C#N)C(=O)Nc2cccc(C(F)(F)F)c2)cc(Br)c1OCc1ccccc1C#N. The van der Waals surface area contributed by atoms with Gasteiger partial charge in [-0.25, -0.2) is 0 Å². The molecule has 1 N–H and O–H groups in total. The van der Waals surface area contributed by atoms with Gasteiger partial charge in [-0.15, -0.1) is 0 Å².